The number of carbonyl (C=O) groups excluding carboxylic acids is 1. The van der Waals surface area contributed by atoms with Gasteiger partial charge in [-0.05, 0) is 51.3 Å². The molecule has 1 aliphatic carbocycles. The van der Waals surface area contributed by atoms with Gasteiger partial charge >= 0.3 is 0 Å². The van der Waals surface area contributed by atoms with Gasteiger partial charge in [-0.1, -0.05) is 18.9 Å². The van der Waals surface area contributed by atoms with Gasteiger partial charge in [-0.2, -0.15) is 0 Å². The Bertz CT molecular complexity index is 624. The molecule has 124 valence electrons. The smallest absolute Gasteiger partial charge is 0.230 e. The third kappa shape index (κ3) is 2.38. The second-order valence-corrected chi connectivity index (χ2v) is 7.62. The summed E-state index contributed by atoms with van der Waals surface area (Å²) in [6.45, 7) is 3.71. The van der Waals surface area contributed by atoms with Gasteiger partial charge in [0.05, 0.1) is 5.69 Å². The van der Waals surface area contributed by atoms with E-state index in [1.807, 2.05) is 11.0 Å². The molecule has 2 aliphatic heterocycles. The first-order chi connectivity index (χ1) is 11.1. The Balaban J connectivity index is 1.68. The van der Waals surface area contributed by atoms with Crippen LogP contribution in [0.2, 0.25) is 0 Å². The highest BCUT2D eigenvalue weighted by atomic mass is 19.1. The lowest BCUT2D eigenvalue weighted by Gasteiger charge is -2.31. The van der Waals surface area contributed by atoms with Crippen LogP contribution in [-0.4, -0.2) is 25.0 Å². The van der Waals surface area contributed by atoms with Crippen molar-refractivity contribution in [1.29, 1.82) is 0 Å². The molecule has 3 aliphatic rings. The standard InChI is InChI=1S/C19H25FN2O/c1-13-11-14(7-10-21-13)18(23)22-12-19(8-2-3-9-19)17-15(20)5-4-6-16(17)22/h4-6,13-14,21H,2-3,7-12H2,1H3/t13-,14-/m0/s1. The molecule has 1 saturated heterocycles. The van der Waals surface area contributed by atoms with Gasteiger partial charge in [0.25, 0.3) is 0 Å². The number of fused-ring (bicyclic) bond motifs is 2. The predicted octanol–water partition coefficient (Wildman–Crippen LogP) is 3.37. The molecule has 4 heteroatoms. The third-order valence-electron chi connectivity index (χ3n) is 6.07. The van der Waals surface area contributed by atoms with Crippen molar-refractivity contribution < 1.29 is 9.18 Å². The van der Waals surface area contributed by atoms with E-state index in [0.29, 0.717) is 12.6 Å². The molecule has 1 saturated carbocycles. The van der Waals surface area contributed by atoms with E-state index < -0.39 is 0 Å². The van der Waals surface area contributed by atoms with Gasteiger partial charge in [0, 0.05) is 29.5 Å². The highest BCUT2D eigenvalue weighted by molar-refractivity contribution is 5.98. The Labute approximate surface area is 137 Å². The van der Waals surface area contributed by atoms with Crippen molar-refractivity contribution in [2.24, 2.45) is 5.92 Å². The van der Waals surface area contributed by atoms with Crippen molar-refractivity contribution in [3.8, 4) is 0 Å². The first kappa shape index (κ1) is 15.1. The lowest BCUT2D eigenvalue weighted by Crippen LogP contribution is -2.45. The van der Waals surface area contributed by atoms with Gasteiger partial charge in [-0.3, -0.25) is 4.79 Å². The normalized spacial score (nSPS) is 29.0. The van der Waals surface area contributed by atoms with E-state index >= 15 is 0 Å². The van der Waals surface area contributed by atoms with Crippen LogP contribution in [0.1, 0.15) is 51.0 Å². The van der Waals surface area contributed by atoms with Crippen LogP contribution < -0.4 is 10.2 Å². The van der Waals surface area contributed by atoms with Gasteiger partial charge in [-0.25, -0.2) is 4.39 Å². The van der Waals surface area contributed by atoms with E-state index in [-0.39, 0.29) is 23.1 Å². The lowest BCUT2D eigenvalue weighted by molar-refractivity contribution is -0.123. The number of nitrogens with zero attached hydrogens (tertiary/aromatic N) is 1. The van der Waals surface area contributed by atoms with E-state index in [4.69, 9.17) is 0 Å². The van der Waals surface area contributed by atoms with Crippen molar-refractivity contribution in [2.45, 2.75) is 56.9 Å². The molecule has 0 bridgehead atoms. The van der Waals surface area contributed by atoms with Crippen molar-refractivity contribution in [3.63, 3.8) is 0 Å². The number of amides is 1. The Morgan fingerprint density at radius 1 is 1.35 bits per heavy atom. The van der Waals surface area contributed by atoms with Gasteiger partial charge in [-0.15, -0.1) is 0 Å². The molecule has 23 heavy (non-hydrogen) atoms. The first-order valence-corrected chi connectivity index (χ1v) is 8.94. The second kappa shape index (κ2) is 5.59. The van der Waals surface area contributed by atoms with Crippen LogP contribution in [0.5, 0.6) is 0 Å². The first-order valence-electron chi connectivity index (χ1n) is 8.94. The minimum absolute atomic E-state index is 0.0684. The van der Waals surface area contributed by atoms with Crippen molar-refractivity contribution in [3.05, 3.63) is 29.6 Å². The summed E-state index contributed by atoms with van der Waals surface area (Å²) in [5.74, 6) is 0.145. The van der Waals surface area contributed by atoms with Gasteiger partial charge < -0.3 is 10.2 Å². The molecule has 1 aromatic carbocycles. The number of hydrogen-bond donors (Lipinski definition) is 1. The fourth-order valence-corrected chi connectivity index (χ4v) is 4.96. The maximum absolute atomic E-state index is 14.6. The zero-order valence-electron chi connectivity index (χ0n) is 13.8. The molecule has 0 radical (unpaired) electrons. The number of halogens is 1. The zero-order valence-corrected chi connectivity index (χ0v) is 13.8. The van der Waals surface area contributed by atoms with E-state index in [2.05, 4.69) is 12.2 Å². The van der Waals surface area contributed by atoms with Crippen LogP contribution in [0.3, 0.4) is 0 Å². The molecule has 3 nitrogen and oxygen atoms in total. The number of benzene rings is 1. The minimum atomic E-state index is -0.130. The molecule has 2 heterocycles. The van der Waals surface area contributed by atoms with Gasteiger partial charge in [0.15, 0.2) is 0 Å². The number of rotatable bonds is 1. The SMILES string of the molecule is C[C@H]1C[C@@H](C(=O)N2CC3(CCCC3)c3c(F)cccc32)CCN1. The fourth-order valence-electron chi connectivity index (χ4n) is 4.96. The molecule has 1 aromatic rings. The molecular formula is C19H25FN2O. The molecule has 0 aromatic heterocycles. The summed E-state index contributed by atoms with van der Waals surface area (Å²) in [4.78, 5) is 15.0. The van der Waals surface area contributed by atoms with Crippen LogP contribution >= 0.6 is 0 Å². The van der Waals surface area contributed by atoms with Gasteiger partial charge in [0.1, 0.15) is 5.82 Å². The lowest BCUT2D eigenvalue weighted by atomic mass is 9.80. The summed E-state index contributed by atoms with van der Waals surface area (Å²) < 4.78 is 14.6. The Hall–Kier alpha value is -1.42. The van der Waals surface area contributed by atoms with Crippen molar-refractivity contribution in [2.75, 3.05) is 18.0 Å². The summed E-state index contributed by atoms with van der Waals surface area (Å²) in [5, 5.41) is 3.40. The topological polar surface area (TPSA) is 32.3 Å². The van der Waals surface area contributed by atoms with E-state index in [1.165, 1.54) is 0 Å². The van der Waals surface area contributed by atoms with Gasteiger partial charge in [0.2, 0.25) is 5.91 Å². The maximum atomic E-state index is 14.6. The average Bonchev–Trinajstić information content (AvgIpc) is 3.14. The number of nitrogens with one attached hydrogen (secondary N) is 1. The number of piperidine rings is 1. The summed E-state index contributed by atoms with van der Waals surface area (Å²) in [6, 6.07) is 5.62. The van der Waals surface area contributed by atoms with Crippen molar-refractivity contribution >= 4 is 11.6 Å². The fraction of sp³-hybridized carbons (Fsp3) is 0.632. The molecule has 1 spiro atoms. The summed E-state index contributed by atoms with van der Waals surface area (Å²) in [7, 11) is 0. The van der Waals surface area contributed by atoms with E-state index in [1.54, 1.807) is 12.1 Å². The maximum Gasteiger partial charge on any atom is 0.230 e. The molecule has 1 N–H and O–H groups in total. The van der Waals surface area contributed by atoms with Crippen LogP contribution in [-0.2, 0) is 10.2 Å². The number of anilines is 1. The summed E-state index contributed by atoms with van der Waals surface area (Å²) in [6.07, 6.45) is 6.06. The zero-order chi connectivity index (χ0) is 16.0. The third-order valence-corrected chi connectivity index (χ3v) is 6.07. The van der Waals surface area contributed by atoms with Crippen LogP contribution in [0.25, 0.3) is 0 Å². The Kier molecular flexibility index (Phi) is 3.67. The van der Waals surface area contributed by atoms with Crippen LogP contribution in [0.4, 0.5) is 10.1 Å². The molecule has 2 atom stereocenters. The molecule has 0 unspecified atom stereocenters. The predicted molar refractivity (Wildman–Crippen MR) is 89.1 cm³/mol. The second-order valence-electron chi connectivity index (χ2n) is 7.62. The van der Waals surface area contributed by atoms with E-state index in [0.717, 1.165) is 56.3 Å². The summed E-state index contributed by atoms with van der Waals surface area (Å²) >= 11 is 0. The van der Waals surface area contributed by atoms with Crippen molar-refractivity contribution in [1.82, 2.24) is 5.32 Å². The Morgan fingerprint density at radius 3 is 2.87 bits per heavy atom. The molecular weight excluding hydrogens is 291 g/mol. The molecule has 1 amide bonds. The quantitative estimate of drug-likeness (QED) is 0.861. The summed E-state index contributed by atoms with van der Waals surface area (Å²) in [5.41, 5.74) is 1.52. The largest absolute Gasteiger partial charge is 0.314 e. The van der Waals surface area contributed by atoms with Crippen LogP contribution in [0.15, 0.2) is 18.2 Å². The minimum Gasteiger partial charge on any atom is -0.314 e. The average molecular weight is 316 g/mol. The highest BCUT2D eigenvalue weighted by Gasteiger charge is 2.48. The number of carbonyl (C=O) groups is 1. The Morgan fingerprint density at radius 2 is 2.13 bits per heavy atom. The van der Waals surface area contributed by atoms with E-state index in [9.17, 15) is 9.18 Å². The highest BCUT2D eigenvalue weighted by Crippen LogP contribution is 2.51. The monoisotopic (exact) mass is 316 g/mol. The molecule has 2 fully saturated rings. The van der Waals surface area contributed by atoms with Crippen LogP contribution in [0, 0.1) is 11.7 Å². The molecule has 4 rings (SSSR count). The number of hydrogen-bond acceptors (Lipinski definition) is 2.